The molecule has 0 radical (unpaired) electrons. The Morgan fingerprint density at radius 1 is 0.667 bits per heavy atom. The summed E-state index contributed by atoms with van der Waals surface area (Å²) in [6, 6.07) is 46.9. The van der Waals surface area contributed by atoms with Gasteiger partial charge in [0.05, 0.1) is 6.54 Å². The van der Waals surface area contributed by atoms with Crippen LogP contribution in [0, 0.1) is 0 Å². The summed E-state index contributed by atoms with van der Waals surface area (Å²) in [6.07, 6.45) is -0.284. The van der Waals surface area contributed by atoms with Crippen LogP contribution in [-0.4, -0.2) is 48.0 Å². The van der Waals surface area contributed by atoms with E-state index >= 15 is 0 Å². The molecule has 1 aliphatic heterocycles. The van der Waals surface area contributed by atoms with Gasteiger partial charge in [0.1, 0.15) is 18.7 Å². The number of fused-ring (bicyclic) bond motifs is 4. The summed E-state index contributed by atoms with van der Waals surface area (Å²) in [4.78, 5) is 42.7. The van der Waals surface area contributed by atoms with Crippen molar-refractivity contribution >= 4 is 28.7 Å². The molecule has 252 valence electrons. The summed E-state index contributed by atoms with van der Waals surface area (Å²) in [5.74, 6) is -0.608. The van der Waals surface area contributed by atoms with Gasteiger partial charge in [-0.15, -0.1) is 0 Å². The van der Waals surface area contributed by atoms with E-state index in [1.807, 2.05) is 103 Å². The van der Waals surface area contributed by atoms with Gasteiger partial charge in [-0.1, -0.05) is 146 Å². The summed E-state index contributed by atoms with van der Waals surface area (Å²) < 4.78 is 5.75. The van der Waals surface area contributed by atoms with E-state index in [4.69, 9.17) is 4.74 Å². The number of ether oxygens (including phenoxy) is 1. The Hall–Kier alpha value is -6.21. The highest BCUT2D eigenvalue weighted by Gasteiger charge is 2.41. The fourth-order valence-corrected chi connectivity index (χ4v) is 7.42. The van der Waals surface area contributed by atoms with Gasteiger partial charge in [-0.05, 0) is 55.3 Å². The molecule has 51 heavy (non-hydrogen) atoms. The molecule has 1 fully saturated rings. The van der Waals surface area contributed by atoms with Gasteiger partial charge in [0.15, 0.2) is 0 Å². The standard InChI is InChI=1S/C44H37N3O4/c48-42-41(26-45-44(50)51-28-39-37-16-8-6-14-35(37)36-15-7-9-17-38(36)39)47(27-29-18-21-33(22-19-29)31-10-2-1-3-11-31)43(49)40(46-42)25-30-20-23-32-12-4-5-13-34(32)24-30/h1-24,39-41H,25-28H2,(H,45,50)(H,46,48). The number of amides is 3. The van der Waals surface area contributed by atoms with Gasteiger partial charge >= 0.3 is 6.09 Å². The van der Waals surface area contributed by atoms with Crippen molar-refractivity contribution < 1.29 is 19.1 Å². The van der Waals surface area contributed by atoms with Crippen molar-refractivity contribution in [2.75, 3.05) is 13.2 Å². The molecule has 0 bridgehead atoms. The third kappa shape index (κ3) is 6.58. The highest BCUT2D eigenvalue weighted by Crippen LogP contribution is 2.44. The summed E-state index contributed by atoms with van der Waals surface area (Å²) in [7, 11) is 0. The molecule has 3 amide bonds. The number of nitrogens with zero attached hydrogens (tertiary/aromatic N) is 1. The van der Waals surface area contributed by atoms with Crippen molar-refractivity contribution in [3.63, 3.8) is 0 Å². The topological polar surface area (TPSA) is 87.7 Å². The van der Waals surface area contributed by atoms with Crippen LogP contribution in [0.4, 0.5) is 4.79 Å². The molecule has 7 nitrogen and oxygen atoms in total. The fraction of sp³-hybridized carbons (Fsp3) is 0.159. The van der Waals surface area contributed by atoms with Gasteiger partial charge in [0, 0.05) is 18.9 Å². The van der Waals surface area contributed by atoms with Gasteiger partial charge in [-0.25, -0.2) is 4.79 Å². The number of alkyl carbamates (subject to hydrolysis) is 1. The van der Waals surface area contributed by atoms with E-state index in [9.17, 15) is 14.4 Å². The second kappa shape index (κ2) is 14.0. The van der Waals surface area contributed by atoms with E-state index in [-0.39, 0.29) is 37.4 Å². The normalized spacial score (nSPS) is 16.7. The Morgan fingerprint density at radius 3 is 2.00 bits per heavy atom. The van der Waals surface area contributed by atoms with Crippen LogP contribution in [0.5, 0.6) is 0 Å². The van der Waals surface area contributed by atoms with Crippen LogP contribution in [0.15, 0.2) is 146 Å². The Bertz CT molecular complexity index is 2190. The molecule has 2 atom stereocenters. The van der Waals surface area contributed by atoms with Crippen molar-refractivity contribution in [1.82, 2.24) is 15.5 Å². The van der Waals surface area contributed by atoms with Crippen molar-refractivity contribution in [2.45, 2.75) is 31.0 Å². The molecule has 0 aromatic heterocycles. The molecule has 0 saturated carbocycles. The summed E-state index contributed by atoms with van der Waals surface area (Å²) in [5, 5.41) is 7.94. The number of carbonyl (C=O) groups excluding carboxylic acids is 3. The Kier molecular flexibility index (Phi) is 8.76. The first kappa shape index (κ1) is 32.0. The van der Waals surface area contributed by atoms with Crippen molar-refractivity contribution in [1.29, 1.82) is 0 Å². The van der Waals surface area contributed by atoms with Gasteiger partial charge in [-0.2, -0.15) is 0 Å². The van der Waals surface area contributed by atoms with E-state index in [0.717, 1.165) is 55.3 Å². The largest absolute Gasteiger partial charge is 0.449 e. The molecule has 1 saturated heterocycles. The van der Waals surface area contributed by atoms with Crippen LogP contribution in [0.1, 0.15) is 28.2 Å². The quantitative estimate of drug-likeness (QED) is 0.167. The minimum Gasteiger partial charge on any atom is -0.449 e. The predicted octanol–water partition coefficient (Wildman–Crippen LogP) is 7.48. The second-order valence-corrected chi connectivity index (χ2v) is 13.2. The molecule has 6 aromatic carbocycles. The smallest absolute Gasteiger partial charge is 0.407 e. The molecule has 8 rings (SSSR count). The van der Waals surface area contributed by atoms with Crippen molar-refractivity contribution in [3.8, 4) is 22.3 Å². The van der Waals surface area contributed by atoms with E-state index in [1.54, 1.807) is 4.90 Å². The average Bonchev–Trinajstić information content (AvgIpc) is 3.49. The number of carbonyl (C=O) groups is 3. The molecule has 2 unspecified atom stereocenters. The molecule has 1 aliphatic carbocycles. The first-order valence-corrected chi connectivity index (χ1v) is 17.3. The lowest BCUT2D eigenvalue weighted by Crippen LogP contribution is -2.66. The second-order valence-electron chi connectivity index (χ2n) is 13.2. The zero-order valence-electron chi connectivity index (χ0n) is 28.0. The van der Waals surface area contributed by atoms with Crippen LogP contribution in [0.25, 0.3) is 33.0 Å². The number of hydrogen-bond acceptors (Lipinski definition) is 4. The zero-order chi connectivity index (χ0) is 34.7. The molecular formula is C44H37N3O4. The fourth-order valence-electron chi connectivity index (χ4n) is 7.42. The summed E-state index contributed by atoms with van der Waals surface area (Å²) >= 11 is 0. The van der Waals surface area contributed by atoms with Gasteiger partial charge in [-0.3, -0.25) is 9.59 Å². The van der Waals surface area contributed by atoms with Crippen LogP contribution in [0.3, 0.4) is 0 Å². The SMILES string of the molecule is O=C(NCC1C(=O)NC(Cc2ccc3ccccc3c2)C(=O)N1Cc1ccc(-c2ccccc2)cc1)OCC1c2ccccc2-c2ccccc21. The number of benzene rings is 6. The molecule has 6 aromatic rings. The monoisotopic (exact) mass is 671 g/mol. The lowest BCUT2D eigenvalue weighted by molar-refractivity contribution is -0.149. The van der Waals surface area contributed by atoms with Crippen LogP contribution >= 0.6 is 0 Å². The van der Waals surface area contributed by atoms with Crippen LogP contribution in [0.2, 0.25) is 0 Å². The maximum Gasteiger partial charge on any atom is 0.407 e. The van der Waals surface area contributed by atoms with E-state index in [0.29, 0.717) is 6.42 Å². The number of nitrogens with one attached hydrogen (secondary N) is 2. The molecule has 0 spiro atoms. The highest BCUT2D eigenvalue weighted by molar-refractivity contribution is 5.97. The first-order chi connectivity index (χ1) is 25.0. The minimum atomic E-state index is -0.917. The molecule has 2 N–H and O–H groups in total. The Labute approximate surface area is 296 Å². The van der Waals surface area contributed by atoms with Gasteiger partial charge in [0.2, 0.25) is 11.8 Å². The van der Waals surface area contributed by atoms with Gasteiger partial charge < -0.3 is 20.3 Å². The maximum atomic E-state index is 14.2. The van der Waals surface area contributed by atoms with E-state index in [1.165, 1.54) is 0 Å². The Morgan fingerprint density at radius 2 is 1.27 bits per heavy atom. The third-order valence-corrected chi connectivity index (χ3v) is 10.0. The van der Waals surface area contributed by atoms with Crippen LogP contribution < -0.4 is 10.6 Å². The summed E-state index contributed by atoms with van der Waals surface area (Å²) in [5.41, 5.74) is 8.51. The van der Waals surface area contributed by atoms with E-state index < -0.39 is 18.2 Å². The lowest BCUT2D eigenvalue weighted by Gasteiger charge is -2.39. The summed E-state index contributed by atoms with van der Waals surface area (Å²) in [6.45, 7) is 0.284. The third-order valence-electron chi connectivity index (χ3n) is 10.0. The molecular weight excluding hydrogens is 635 g/mol. The average molecular weight is 672 g/mol. The Balaban J connectivity index is 0.986. The predicted molar refractivity (Wildman–Crippen MR) is 199 cm³/mol. The van der Waals surface area contributed by atoms with Crippen molar-refractivity contribution in [3.05, 3.63) is 168 Å². The van der Waals surface area contributed by atoms with Gasteiger partial charge in [0.25, 0.3) is 0 Å². The van der Waals surface area contributed by atoms with E-state index in [2.05, 4.69) is 53.1 Å². The molecule has 1 heterocycles. The maximum absolute atomic E-state index is 14.2. The highest BCUT2D eigenvalue weighted by atomic mass is 16.5. The first-order valence-electron chi connectivity index (χ1n) is 17.3. The molecule has 7 heteroatoms. The number of hydrogen-bond donors (Lipinski definition) is 2. The number of piperazine rings is 1. The lowest BCUT2D eigenvalue weighted by atomic mass is 9.97. The number of rotatable bonds is 9. The molecule has 2 aliphatic rings. The zero-order valence-corrected chi connectivity index (χ0v) is 28.0. The van der Waals surface area contributed by atoms with Crippen molar-refractivity contribution in [2.24, 2.45) is 0 Å². The van der Waals surface area contributed by atoms with Crippen LogP contribution in [-0.2, 0) is 27.3 Å². The minimum absolute atomic E-state index is 0.0843.